The number of likely N-dealkylation sites (tertiary alicyclic amines) is 1. The molecule has 21 heavy (non-hydrogen) atoms. The summed E-state index contributed by atoms with van der Waals surface area (Å²) in [5, 5.41) is 20.5. The van der Waals surface area contributed by atoms with Gasteiger partial charge in [-0.05, 0) is 36.5 Å². The highest BCUT2D eigenvalue weighted by Gasteiger charge is 2.25. The van der Waals surface area contributed by atoms with E-state index in [0.717, 1.165) is 12.8 Å². The lowest BCUT2D eigenvalue weighted by Crippen LogP contribution is -2.33. The summed E-state index contributed by atoms with van der Waals surface area (Å²) in [6.07, 6.45) is 1.57. The molecule has 114 valence electrons. The van der Waals surface area contributed by atoms with Crippen LogP contribution < -0.4 is 5.32 Å². The van der Waals surface area contributed by atoms with Gasteiger partial charge in [-0.15, -0.1) is 0 Å². The average molecular weight is 292 g/mol. The molecular formula is C15H20N2O4. The first kappa shape index (κ1) is 15.3. The zero-order chi connectivity index (χ0) is 15.2. The van der Waals surface area contributed by atoms with Crippen LogP contribution in [-0.2, 0) is 11.2 Å². The fourth-order valence-electron chi connectivity index (χ4n) is 2.57. The Balaban J connectivity index is 1.92. The Bertz CT molecular complexity index is 518. The molecular weight excluding hydrogens is 272 g/mol. The van der Waals surface area contributed by atoms with Crippen LogP contribution in [0.4, 0.5) is 10.5 Å². The Morgan fingerprint density at radius 2 is 2.19 bits per heavy atom. The first-order valence-corrected chi connectivity index (χ1v) is 7.06. The molecule has 1 heterocycles. The fraction of sp³-hybridized carbons (Fsp3) is 0.467. The van der Waals surface area contributed by atoms with Crippen molar-refractivity contribution < 1.29 is 19.8 Å². The molecule has 6 nitrogen and oxygen atoms in total. The number of amides is 2. The van der Waals surface area contributed by atoms with E-state index in [1.807, 2.05) is 0 Å². The van der Waals surface area contributed by atoms with E-state index in [2.05, 4.69) is 5.32 Å². The van der Waals surface area contributed by atoms with Gasteiger partial charge in [0.05, 0.1) is 6.42 Å². The van der Waals surface area contributed by atoms with Crippen molar-refractivity contribution in [2.75, 3.05) is 25.0 Å². The molecule has 1 unspecified atom stereocenters. The number of rotatable bonds is 5. The summed E-state index contributed by atoms with van der Waals surface area (Å²) in [6.45, 7) is 1.49. The maximum absolute atomic E-state index is 12.1. The zero-order valence-corrected chi connectivity index (χ0v) is 11.8. The third-order valence-electron chi connectivity index (χ3n) is 3.64. The molecule has 1 atom stereocenters. The highest BCUT2D eigenvalue weighted by molar-refractivity contribution is 5.89. The number of carbonyl (C=O) groups is 2. The molecule has 1 fully saturated rings. The summed E-state index contributed by atoms with van der Waals surface area (Å²) in [5.74, 6) is -0.538. The predicted molar refractivity (Wildman–Crippen MR) is 78.2 cm³/mol. The third kappa shape index (κ3) is 4.46. The summed E-state index contributed by atoms with van der Waals surface area (Å²) in [7, 11) is 0. The van der Waals surface area contributed by atoms with Crippen LogP contribution in [0.25, 0.3) is 0 Å². The molecule has 1 aromatic rings. The third-order valence-corrected chi connectivity index (χ3v) is 3.64. The smallest absolute Gasteiger partial charge is 0.321 e. The molecule has 0 aromatic heterocycles. The average Bonchev–Trinajstić information content (AvgIpc) is 2.87. The van der Waals surface area contributed by atoms with Gasteiger partial charge in [0.2, 0.25) is 0 Å². The van der Waals surface area contributed by atoms with Crippen molar-refractivity contribution in [1.82, 2.24) is 4.90 Å². The summed E-state index contributed by atoms with van der Waals surface area (Å²) in [4.78, 5) is 24.6. The lowest BCUT2D eigenvalue weighted by atomic mass is 10.1. The molecule has 1 saturated heterocycles. The summed E-state index contributed by atoms with van der Waals surface area (Å²) < 4.78 is 0. The molecule has 0 spiro atoms. The molecule has 3 N–H and O–H groups in total. The number of hydrogen-bond acceptors (Lipinski definition) is 3. The van der Waals surface area contributed by atoms with Gasteiger partial charge >= 0.3 is 12.0 Å². The maximum atomic E-state index is 12.1. The van der Waals surface area contributed by atoms with Crippen LogP contribution in [0.5, 0.6) is 0 Å². The van der Waals surface area contributed by atoms with E-state index in [9.17, 15) is 9.59 Å². The standard InChI is InChI=1S/C15H20N2O4/c18-7-5-11-4-6-17(10-11)15(21)16-13-3-1-2-12(8-13)9-14(19)20/h1-3,8,11,18H,4-7,9-10H2,(H,16,21)(H,19,20). The molecule has 0 radical (unpaired) electrons. The molecule has 1 aromatic carbocycles. The Kier molecular flexibility index (Phi) is 5.16. The number of nitrogens with zero attached hydrogens (tertiary/aromatic N) is 1. The Hall–Kier alpha value is -2.08. The number of anilines is 1. The highest BCUT2D eigenvalue weighted by atomic mass is 16.4. The van der Waals surface area contributed by atoms with Gasteiger partial charge < -0.3 is 20.4 Å². The van der Waals surface area contributed by atoms with Crippen molar-refractivity contribution in [2.24, 2.45) is 5.92 Å². The molecule has 1 aliphatic heterocycles. The van der Waals surface area contributed by atoms with Gasteiger partial charge in [0.15, 0.2) is 0 Å². The Morgan fingerprint density at radius 3 is 2.90 bits per heavy atom. The molecule has 0 aliphatic carbocycles. The fourth-order valence-corrected chi connectivity index (χ4v) is 2.57. The summed E-state index contributed by atoms with van der Waals surface area (Å²) >= 11 is 0. The van der Waals surface area contributed by atoms with Gasteiger partial charge in [-0.2, -0.15) is 0 Å². The predicted octanol–water partition coefficient (Wildman–Crippen LogP) is 1.55. The monoisotopic (exact) mass is 292 g/mol. The second kappa shape index (κ2) is 7.08. The minimum absolute atomic E-state index is 0.0635. The van der Waals surface area contributed by atoms with Crippen molar-refractivity contribution in [3.05, 3.63) is 29.8 Å². The number of carbonyl (C=O) groups excluding carboxylic acids is 1. The molecule has 0 saturated carbocycles. The van der Waals surface area contributed by atoms with Crippen molar-refractivity contribution in [3.8, 4) is 0 Å². The molecule has 2 amide bonds. The van der Waals surface area contributed by atoms with Crippen LogP contribution >= 0.6 is 0 Å². The van der Waals surface area contributed by atoms with Gasteiger partial charge in [0.1, 0.15) is 0 Å². The Labute approximate surface area is 123 Å². The minimum Gasteiger partial charge on any atom is -0.481 e. The van der Waals surface area contributed by atoms with Crippen LogP contribution in [0.1, 0.15) is 18.4 Å². The molecule has 6 heteroatoms. The normalized spacial score (nSPS) is 17.8. The van der Waals surface area contributed by atoms with E-state index in [1.54, 1.807) is 29.2 Å². The lowest BCUT2D eigenvalue weighted by molar-refractivity contribution is -0.136. The topological polar surface area (TPSA) is 89.9 Å². The molecule has 1 aliphatic rings. The van der Waals surface area contributed by atoms with Gasteiger partial charge in [0.25, 0.3) is 0 Å². The second-order valence-electron chi connectivity index (χ2n) is 5.31. The van der Waals surface area contributed by atoms with E-state index in [0.29, 0.717) is 30.3 Å². The van der Waals surface area contributed by atoms with E-state index in [-0.39, 0.29) is 19.1 Å². The lowest BCUT2D eigenvalue weighted by Gasteiger charge is -2.17. The van der Waals surface area contributed by atoms with Crippen molar-refractivity contribution in [3.63, 3.8) is 0 Å². The van der Waals surface area contributed by atoms with E-state index in [1.165, 1.54) is 0 Å². The SMILES string of the molecule is O=C(O)Cc1cccc(NC(=O)N2CCC(CCO)C2)c1. The Morgan fingerprint density at radius 1 is 1.38 bits per heavy atom. The van der Waals surface area contributed by atoms with Crippen molar-refractivity contribution in [1.29, 1.82) is 0 Å². The zero-order valence-electron chi connectivity index (χ0n) is 11.8. The van der Waals surface area contributed by atoms with Crippen LogP contribution in [0, 0.1) is 5.92 Å². The number of carboxylic acids is 1. The number of nitrogens with one attached hydrogen (secondary N) is 1. The number of aliphatic hydroxyl groups is 1. The van der Waals surface area contributed by atoms with Gasteiger partial charge in [-0.25, -0.2) is 4.79 Å². The number of urea groups is 1. The number of carboxylic acid groups (broad SMARTS) is 1. The van der Waals surface area contributed by atoms with E-state index < -0.39 is 5.97 Å². The van der Waals surface area contributed by atoms with Crippen LogP contribution in [0.3, 0.4) is 0 Å². The van der Waals surface area contributed by atoms with E-state index in [4.69, 9.17) is 10.2 Å². The van der Waals surface area contributed by atoms with Crippen LogP contribution in [0.15, 0.2) is 24.3 Å². The first-order valence-electron chi connectivity index (χ1n) is 7.06. The molecule has 0 bridgehead atoms. The quantitative estimate of drug-likeness (QED) is 0.768. The maximum Gasteiger partial charge on any atom is 0.321 e. The van der Waals surface area contributed by atoms with Gasteiger partial charge in [-0.3, -0.25) is 4.79 Å². The summed E-state index contributed by atoms with van der Waals surface area (Å²) in [6, 6.07) is 6.68. The van der Waals surface area contributed by atoms with Crippen LogP contribution in [0.2, 0.25) is 0 Å². The number of benzene rings is 1. The second-order valence-corrected chi connectivity index (χ2v) is 5.31. The number of hydrogen-bond donors (Lipinski definition) is 3. The van der Waals surface area contributed by atoms with Crippen LogP contribution in [-0.4, -0.2) is 46.8 Å². The van der Waals surface area contributed by atoms with Crippen molar-refractivity contribution >= 4 is 17.7 Å². The van der Waals surface area contributed by atoms with Gasteiger partial charge in [-0.1, -0.05) is 12.1 Å². The van der Waals surface area contributed by atoms with Gasteiger partial charge in [0, 0.05) is 25.4 Å². The van der Waals surface area contributed by atoms with E-state index >= 15 is 0 Å². The molecule has 2 rings (SSSR count). The largest absolute Gasteiger partial charge is 0.481 e. The minimum atomic E-state index is -0.898. The number of aliphatic carboxylic acids is 1. The summed E-state index contributed by atoms with van der Waals surface area (Å²) in [5.41, 5.74) is 1.25. The van der Waals surface area contributed by atoms with Crippen molar-refractivity contribution in [2.45, 2.75) is 19.3 Å². The number of aliphatic hydroxyl groups excluding tert-OH is 1. The first-order chi connectivity index (χ1) is 10.1. The highest BCUT2D eigenvalue weighted by Crippen LogP contribution is 2.20.